The summed E-state index contributed by atoms with van der Waals surface area (Å²) in [6, 6.07) is 19.2. The predicted molar refractivity (Wildman–Crippen MR) is 175 cm³/mol. The van der Waals surface area contributed by atoms with Gasteiger partial charge >= 0.3 is 6.09 Å². The first-order valence-corrected chi connectivity index (χ1v) is 16.3. The Morgan fingerprint density at radius 2 is 1.70 bits per heavy atom. The van der Waals surface area contributed by atoms with E-state index in [9.17, 15) is 23.1 Å². The fourth-order valence-corrected chi connectivity index (χ4v) is 6.98. The molecule has 0 aliphatic carbocycles. The Bertz CT molecular complexity index is 1760. The van der Waals surface area contributed by atoms with Crippen LogP contribution in [0.3, 0.4) is 0 Å². The van der Waals surface area contributed by atoms with Gasteiger partial charge in [0.1, 0.15) is 5.75 Å². The minimum atomic E-state index is -4.17. The number of aryl methyl sites for hydroxylation is 2. The summed E-state index contributed by atoms with van der Waals surface area (Å²) in [5.74, 6) is -1.19. The largest absolute Gasteiger partial charge is 0.480 e. The number of hydrogen-bond donors (Lipinski definition) is 4. The highest BCUT2D eigenvalue weighted by Crippen LogP contribution is 2.29. The van der Waals surface area contributed by atoms with Crippen molar-refractivity contribution in [2.24, 2.45) is 17.6 Å². The molecule has 1 unspecified atom stereocenters. The average molecular weight is 652 g/mol. The van der Waals surface area contributed by atoms with Crippen LogP contribution in [0.25, 0.3) is 11.0 Å². The highest BCUT2D eigenvalue weighted by molar-refractivity contribution is 7.89. The molecule has 4 aromatic rings. The van der Waals surface area contributed by atoms with Crippen LogP contribution in [-0.4, -0.2) is 72.2 Å². The van der Waals surface area contributed by atoms with E-state index in [2.05, 4.69) is 20.0 Å². The van der Waals surface area contributed by atoms with Crippen molar-refractivity contribution in [2.75, 3.05) is 25.5 Å². The minimum Gasteiger partial charge on any atom is -0.480 e. The molecule has 0 bridgehead atoms. The van der Waals surface area contributed by atoms with Gasteiger partial charge in [0, 0.05) is 19.0 Å². The molecule has 0 aliphatic rings. The second kappa shape index (κ2) is 14.8. The Morgan fingerprint density at radius 3 is 2.30 bits per heavy atom. The number of fused-ring (bicyclic) bond motifs is 1. The number of aromatic nitrogens is 2. The van der Waals surface area contributed by atoms with E-state index in [0.717, 1.165) is 16.7 Å². The fourth-order valence-electron chi connectivity index (χ4n) is 5.33. The molecule has 3 atom stereocenters. The van der Waals surface area contributed by atoms with Crippen LogP contribution in [0.4, 0.5) is 10.7 Å². The van der Waals surface area contributed by atoms with Gasteiger partial charge in [0.25, 0.3) is 5.91 Å². The number of nitrogens with one attached hydrogen (secondary N) is 2. The average Bonchev–Trinajstić information content (AvgIpc) is 3.41. The number of aliphatic hydroxyl groups excluding tert-OH is 1. The Balaban J connectivity index is 1.70. The molecular formula is C33H41N5O7S. The van der Waals surface area contributed by atoms with Crippen LogP contribution in [0.15, 0.2) is 71.6 Å². The number of ether oxygens (including phenoxy) is 2. The van der Waals surface area contributed by atoms with E-state index < -0.39 is 40.1 Å². The number of carbonyl (C=O) groups excluding carboxylic acids is 2. The maximum Gasteiger partial charge on any atom is 0.413 e. The van der Waals surface area contributed by atoms with Gasteiger partial charge < -0.3 is 25.3 Å². The maximum absolute atomic E-state index is 14.1. The molecule has 0 fully saturated rings. The van der Waals surface area contributed by atoms with E-state index in [1.807, 2.05) is 76.2 Å². The monoisotopic (exact) mass is 651 g/mol. The second-order valence-corrected chi connectivity index (χ2v) is 13.6. The molecule has 4 rings (SSSR count). The molecule has 1 aromatic heterocycles. The summed E-state index contributed by atoms with van der Waals surface area (Å²) >= 11 is 0. The van der Waals surface area contributed by atoms with Crippen molar-refractivity contribution in [3.05, 3.63) is 83.4 Å². The van der Waals surface area contributed by atoms with Gasteiger partial charge in [-0.15, -0.1) is 0 Å². The number of anilines is 1. The zero-order valence-electron chi connectivity index (χ0n) is 26.6. The Morgan fingerprint density at radius 1 is 1.02 bits per heavy atom. The molecule has 2 amide bonds. The Hall–Kier alpha value is -4.46. The summed E-state index contributed by atoms with van der Waals surface area (Å²) < 4.78 is 40.3. The zero-order valence-corrected chi connectivity index (χ0v) is 27.4. The lowest BCUT2D eigenvalue weighted by atomic mass is 9.88. The summed E-state index contributed by atoms with van der Waals surface area (Å²) in [4.78, 5) is 31.7. The molecule has 12 nitrogen and oxygen atoms in total. The van der Waals surface area contributed by atoms with Crippen molar-refractivity contribution in [3.8, 4) is 5.75 Å². The van der Waals surface area contributed by atoms with Gasteiger partial charge in [0.05, 0.1) is 29.1 Å². The lowest BCUT2D eigenvalue weighted by molar-refractivity contribution is -0.129. The number of aromatic amines is 1. The van der Waals surface area contributed by atoms with Crippen LogP contribution in [-0.2, 0) is 26.0 Å². The van der Waals surface area contributed by atoms with Crippen molar-refractivity contribution in [3.63, 3.8) is 0 Å². The van der Waals surface area contributed by atoms with Crippen molar-refractivity contribution in [1.29, 1.82) is 0 Å². The number of benzene rings is 3. The number of hydrogen-bond acceptors (Lipinski definition) is 8. The van der Waals surface area contributed by atoms with Crippen LogP contribution in [0.5, 0.6) is 5.75 Å². The number of imidazole rings is 1. The molecule has 1 heterocycles. The third kappa shape index (κ3) is 8.22. The number of nitrogens with zero attached hydrogens (tertiary/aromatic N) is 2. The van der Waals surface area contributed by atoms with E-state index >= 15 is 0 Å². The first-order valence-electron chi connectivity index (χ1n) is 14.9. The summed E-state index contributed by atoms with van der Waals surface area (Å²) in [7, 11) is -2.95. The summed E-state index contributed by atoms with van der Waals surface area (Å²) in [6.45, 7) is 7.21. The van der Waals surface area contributed by atoms with E-state index in [-0.39, 0.29) is 36.3 Å². The lowest BCUT2D eigenvalue weighted by Gasteiger charge is -2.34. The van der Waals surface area contributed by atoms with Gasteiger partial charge in [-0.3, -0.25) is 10.1 Å². The van der Waals surface area contributed by atoms with E-state index in [0.29, 0.717) is 16.8 Å². The van der Waals surface area contributed by atoms with Gasteiger partial charge in [-0.05, 0) is 61.1 Å². The topological polar surface area (TPSA) is 177 Å². The normalized spacial score (nSPS) is 13.8. The quantitative estimate of drug-likeness (QED) is 0.157. The van der Waals surface area contributed by atoms with Crippen molar-refractivity contribution < 1.29 is 32.6 Å². The smallest absolute Gasteiger partial charge is 0.413 e. The van der Waals surface area contributed by atoms with Crippen LogP contribution in [0.1, 0.15) is 30.5 Å². The molecule has 0 saturated carbocycles. The number of aliphatic hydroxyl groups is 1. The standard InChI is InChI=1S/C33H41N5O7S/c1-20(2)18-38(46(42,43)24-14-15-26-27(17-24)36-32(35-26)37-33(41)44-5)19-28(39)25(16-23-12-7-6-8-13-23)30(31(34)40)45-29-21(3)10-9-11-22(29)4/h6-15,17,20,25,28,30,39H,16,18-19H2,1-5H3,(H2,34,40)(H2,35,36,37,41)/t25-,28-,30?/m0/s1. The zero-order chi connectivity index (χ0) is 33.6. The summed E-state index contributed by atoms with van der Waals surface area (Å²) in [5.41, 5.74) is 9.12. The Kier molecular flexibility index (Phi) is 11.0. The minimum absolute atomic E-state index is 0.0426. The number of H-pyrrole nitrogens is 1. The molecule has 0 saturated heterocycles. The third-order valence-corrected chi connectivity index (χ3v) is 9.42. The van der Waals surface area contributed by atoms with Crippen LogP contribution in [0.2, 0.25) is 0 Å². The van der Waals surface area contributed by atoms with Gasteiger partial charge in [0.15, 0.2) is 6.10 Å². The molecule has 0 spiro atoms. The van der Waals surface area contributed by atoms with Crippen molar-refractivity contribution in [2.45, 2.75) is 51.2 Å². The third-order valence-electron chi connectivity index (χ3n) is 7.59. The SMILES string of the molecule is COC(=O)Nc1nc2ccc(S(=O)(=O)N(CC(C)C)C[C@H](O)[C@H](Cc3ccccc3)C(Oc3c(C)cccc3C)C(N)=O)cc2[nH]1. The first-order chi connectivity index (χ1) is 21.8. The van der Waals surface area contributed by atoms with Crippen molar-refractivity contribution >= 4 is 39.0 Å². The first kappa shape index (κ1) is 34.4. The van der Waals surface area contributed by atoms with Crippen LogP contribution >= 0.6 is 0 Å². The van der Waals surface area contributed by atoms with Crippen molar-refractivity contribution in [1.82, 2.24) is 14.3 Å². The summed E-state index contributed by atoms with van der Waals surface area (Å²) in [5, 5.41) is 14.2. The van der Waals surface area contributed by atoms with Gasteiger partial charge in [-0.1, -0.05) is 62.4 Å². The number of amides is 2. The number of para-hydroxylation sites is 1. The number of rotatable bonds is 14. The highest BCUT2D eigenvalue weighted by atomic mass is 32.2. The van der Waals surface area contributed by atoms with E-state index in [4.69, 9.17) is 10.5 Å². The number of primary amides is 1. The highest BCUT2D eigenvalue weighted by Gasteiger charge is 2.38. The van der Waals surface area contributed by atoms with E-state index in [1.54, 1.807) is 0 Å². The fraction of sp³-hybridized carbons (Fsp3) is 0.364. The molecular weight excluding hydrogens is 610 g/mol. The van der Waals surface area contributed by atoms with E-state index in [1.165, 1.54) is 29.6 Å². The number of carbonyl (C=O) groups is 2. The van der Waals surface area contributed by atoms with Gasteiger partial charge in [-0.2, -0.15) is 4.31 Å². The molecule has 0 radical (unpaired) electrons. The molecule has 5 N–H and O–H groups in total. The Labute approximate surface area is 269 Å². The number of methoxy groups -OCH3 is 1. The van der Waals surface area contributed by atoms with Crippen LogP contribution in [0, 0.1) is 25.7 Å². The summed E-state index contributed by atoms with van der Waals surface area (Å²) in [6.07, 6.45) is -3.14. The maximum atomic E-state index is 14.1. The molecule has 13 heteroatoms. The number of nitrogens with two attached hydrogens (primary N) is 1. The molecule has 0 aliphatic heterocycles. The lowest BCUT2D eigenvalue weighted by Crippen LogP contribution is -2.50. The molecule has 46 heavy (non-hydrogen) atoms. The van der Waals surface area contributed by atoms with Gasteiger partial charge in [0.2, 0.25) is 16.0 Å². The number of sulfonamides is 1. The second-order valence-electron chi connectivity index (χ2n) is 11.7. The molecule has 3 aromatic carbocycles. The predicted octanol–water partition coefficient (Wildman–Crippen LogP) is 4.16. The van der Waals surface area contributed by atoms with Gasteiger partial charge in [-0.25, -0.2) is 18.2 Å². The molecule has 246 valence electrons. The van der Waals surface area contributed by atoms with Crippen LogP contribution < -0.4 is 15.8 Å².